The fourth-order valence-electron chi connectivity index (χ4n) is 1.25. The molecule has 1 N–H and O–H groups in total. The van der Waals surface area contributed by atoms with Gasteiger partial charge in [0.15, 0.2) is 0 Å². The van der Waals surface area contributed by atoms with Crippen molar-refractivity contribution in [1.29, 1.82) is 0 Å². The lowest BCUT2D eigenvalue weighted by Gasteiger charge is -2.08. The summed E-state index contributed by atoms with van der Waals surface area (Å²) in [6, 6.07) is 0. The Morgan fingerprint density at radius 3 is 2.73 bits per heavy atom. The summed E-state index contributed by atoms with van der Waals surface area (Å²) in [5, 5.41) is 9.49. The lowest BCUT2D eigenvalue weighted by molar-refractivity contribution is 0.141. The SMILES string of the molecule is C=C(CC)CCC(O)C1CC1. The third-order valence-electron chi connectivity index (χ3n) is 2.46. The van der Waals surface area contributed by atoms with Gasteiger partial charge in [0.05, 0.1) is 6.10 Å². The molecule has 1 saturated carbocycles. The second kappa shape index (κ2) is 3.91. The van der Waals surface area contributed by atoms with Gasteiger partial charge in [0, 0.05) is 0 Å². The molecule has 11 heavy (non-hydrogen) atoms. The molecule has 64 valence electrons. The van der Waals surface area contributed by atoms with Crippen molar-refractivity contribution in [3.05, 3.63) is 12.2 Å². The molecule has 1 aliphatic carbocycles. The first kappa shape index (κ1) is 8.79. The van der Waals surface area contributed by atoms with Crippen molar-refractivity contribution in [2.45, 2.75) is 45.1 Å². The fourth-order valence-corrected chi connectivity index (χ4v) is 1.25. The minimum absolute atomic E-state index is 0.0432. The quantitative estimate of drug-likeness (QED) is 0.603. The second-order valence-electron chi connectivity index (χ2n) is 3.55. The van der Waals surface area contributed by atoms with Crippen LogP contribution in [0.25, 0.3) is 0 Å². The summed E-state index contributed by atoms with van der Waals surface area (Å²) in [4.78, 5) is 0. The predicted octanol–water partition coefficient (Wildman–Crippen LogP) is 2.50. The minimum atomic E-state index is -0.0432. The maximum atomic E-state index is 9.49. The van der Waals surface area contributed by atoms with Crippen LogP contribution >= 0.6 is 0 Å². The van der Waals surface area contributed by atoms with Gasteiger partial charge >= 0.3 is 0 Å². The third kappa shape index (κ3) is 3.06. The van der Waals surface area contributed by atoms with Crippen LogP contribution in [0.1, 0.15) is 39.0 Å². The molecule has 0 saturated heterocycles. The maximum Gasteiger partial charge on any atom is 0.0571 e. The first-order valence-corrected chi connectivity index (χ1v) is 4.58. The molecule has 1 heteroatoms. The molecule has 1 atom stereocenters. The molecular weight excluding hydrogens is 136 g/mol. The highest BCUT2D eigenvalue weighted by Gasteiger charge is 2.28. The summed E-state index contributed by atoms with van der Waals surface area (Å²) in [7, 11) is 0. The van der Waals surface area contributed by atoms with E-state index >= 15 is 0 Å². The lowest BCUT2D eigenvalue weighted by Crippen LogP contribution is -2.08. The molecule has 0 amide bonds. The Hall–Kier alpha value is -0.300. The van der Waals surface area contributed by atoms with Crippen LogP contribution in [-0.2, 0) is 0 Å². The van der Waals surface area contributed by atoms with E-state index in [-0.39, 0.29) is 6.10 Å². The summed E-state index contributed by atoms with van der Waals surface area (Å²) in [5.74, 6) is 0.625. The van der Waals surface area contributed by atoms with Crippen LogP contribution in [0.4, 0.5) is 0 Å². The van der Waals surface area contributed by atoms with Crippen LogP contribution in [-0.4, -0.2) is 11.2 Å². The molecule has 0 heterocycles. The van der Waals surface area contributed by atoms with Crippen molar-refractivity contribution < 1.29 is 5.11 Å². The van der Waals surface area contributed by atoms with Crippen molar-refractivity contribution in [3.63, 3.8) is 0 Å². The van der Waals surface area contributed by atoms with E-state index in [0.29, 0.717) is 5.92 Å². The molecule has 1 rings (SSSR count). The Kier molecular flexibility index (Phi) is 3.13. The van der Waals surface area contributed by atoms with E-state index in [1.165, 1.54) is 18.4 Å². The zero-order valence-corrected chi connectivity index (χ0v) is 7.34. The molecule has 0 radical (unpaired) electrons. The van der Waals surface area contributed by atoms with Crippen molar-refractivity contribution in [2.75, 3.05) is 0 Å². The lowest BCUT2D eigenvalue weighted by atomic mass is 10.0. The number of aliphatic hydroxyl groups excluding tert-OH is 1. The van der Waals surface area contributed by atoms with Gasteiger partial charge in [0.25, 0.3) is 0 Å². The fraction of sp³-hybridized carbons (Fsp3) is 0.800. The van der Waals surface area contributed by atoms with Gasteiger partial charge in [-0.2, -0.15) is 0 Å². The number of hydrogen-bond acceptors (Lipinski definition) is 1. The molecule has 0 bridgehead atoms. The van der Waals surface area contributed by atoms with E-state index in [2.05, 4.69) is 13.5 Å². The summed E-state index contributed by atoms with van der Waals surface area (Å²) in [5.41, 5.74) is 1.27. The van der Waals surface area contributed by atoms with Gasteiger partial charge in [0.1, 0.15) is 0 Å². The van der Waals surface area contributed by atoms with Crippen LogP contribution in [0.15, 0.2) is 12.2 Å². The Balaban J connectivity index is 2.05. The topological polar surface area (TPSA) is 20.2 Å². The normalized spacial score (nSPS) is 19.8. The Morgan fingerprint density at radius 2 is 2.27 bits per heavy atom. The number of rotatable bonds is 5. The Bertz CT molecular complexity index is 136. The first-order chi connectivity index (χ1) is 5.24. The number of aliphatic hydroxyl groups is 1. The highest BCUT2D eigenvalue weighted by Crippen LogP contribution is 2.34. The van der Waals surface area contributed by atoms with Crippen LogP contribution in [0.5, 0.6) is 0 Å². The summed E-state index contributed by atoms with van der Waals surface area (Å²) in [6.45, 7) is 6.03. The van der Waals surface area contributed by atoms with Crippen molar-refractivity contribution in [2.24, 2.45) is 5.92 Å². The molecule has 0 spiro atoms. The molecule has 1 unspecified atom stereocenters. The molecule has 0 aliphatic heterocycles. The second-order valence-corrected chi connectivity index (χ2v) is 3.55. The predicted molar refractivity (Wildman–Crippen MR) is 47.4 cm³/mol. The van der Waals surface area contributed by atoms with E-state index in [9.17, 15) is 5.11 Å². The standard InChI is InChI=1S/C10H18O/c1-3-8(2)4-7-10(11)9-5-6-9/h9-11H,2-7H2,1H3. The van der Waals surface area contributed by atoms with E-state index in [4.69, 9.17) is 0 Å². The third-order valence-corrected chi connectivity index (χ3v) is 2.46. The van der Waals surface area contributed by atoms with Gasteiger partial charge in [0.2, 0.25) is 0 Å². The molecule has 0 aromatic rings. The largest absolute Gasteiger partial charge is 0.393 e. The van der Waals surface area contributed by atoms with Crippen LogP contribution in [0.3, 0.4) is 0 Å². The molecule has 1 nitrogen and oxygen atoms in total. The smallest absolute Gasteiger partial charge is 0.0571 e. The van der Waals surface area contributed by atoms with Crippen LogP contribution in [0, 0.1) is 5.92 Å². The first-order valence-electron chi connectivity index (χ1n) is 4.58. The number of allylic oxidation sites excluding steroid dienone is 1. The van der Waals surface area contributed by atoms with Crippen molar-refractivity contribution in [1.82, 2.24) is 0 Å². The van der Waals surface area contributed by atoms with Crippen molar-refractivity contribution in [3.8, 4) is 0 Å². The summed E-state index contributed by atoms with van der Waals surface area (Å²) < 4.78 is 0. The number of hydrogen-bond donors (Lipinski definition) is 1. The summed E-state index contributed by atoms with van der Waals surface area (Å²) in [6.07, 6.45) is 5.42. The minimum Gasteiger partial charge on any atom is -0.393 e. The molecule has 1 aliphatic rings. The van der Waals surface area contributed by atoms with Crippen LogP contribution in [0.2, 0.25) is 0 Å². The molecule has 0 aromatic heterocycles. The average Bonchev–Trinajstić information content (AvgIpc) is 2.81. The van der Waals surface area contributed by atoms with Crippen LogP contribution < -0.4 is 0 Å². The highest BCUT2D eigenvalue weighted by molar-refractivity contribution is 4.94. The van der Waals surface area contributed by atoms with Gasteiger partial charge in [-0.1, -0.05) is 19.1 Å². The van der Waals surface area contributed by atoms with E-state index in [1.54, 1.807) is 0 Å². The van der Waals surface area contributed by atoms with Gasteiger partial charge in [-0.3, -0.25) is 0 Å². The van der Waals surface area contributed by atoms with E-state index in [0.717, 1.165) is 19.3 Å². The maximum absolute atomic E-state index is 9.49. The van der Waals surface area contributed by atoms with Gasteiger partial charge in [-0.25, -0.2) is 0 Å². The Labute approximate surface area is 69.1 Å². The summed E-state index contributed by atoms with van der Waals surface area (Å²) >= 11 is 0. The van der Waals surface area contributed by atoms with E-state index < -0.39 is 0 Å². The Morgan fingerprint density at radius 1 is 1.64 bits per heavy atom. The zero-order chi connectivity index (χ0) is 8.27. The molecular formula is C10H18O. The average molecular weight is 154 g/mol. The zero-order valence-electron chi connectivity index (χ0n) is 7.34. The van der Waals surface area contributed by atoms with Gasteiger partial charge < -0.3 is 5.11 Å². The van der Waals surface area contributed by atoms with E-state index in [1.807, 2.05) is 0 Å². The monoisotopic (exact) mass is 154 g/mol. The molecule has 0 aromatic carbocycles. The van der Waals surface area contributed by atoms with Gasteiger partial charge in [-0.05, 0) is 38.0 Å². The molecule has 1 fully saturated rings. The van der Waals surface area contributed by atoms with Gasteiger partial charge in [-0.15, -0.1) is 0 Å². The highest BCUT2D eigenvalue weighted by atomic mass is 16.3. The van der Waals surface area contributed by atoms with Crippen molar-refractivity contribution >= 4 is 0 Å².